The Balaban J connectivity index is 1.71. The Hall–Kier alpha value is -1.42. The van der Waals surface area contributed by atoms with Gasteiger partial charge in [0.05, 0.1) is 23.8 Å². The Kier molecular flexibility index (Phi) is 6.91. The second-order valence-corrected chi connectivity index (χ2v) is 9.14. The van der Waals surface area contributed by atoms with E-state index in [1.807, 2.05) is 0 Å². The average molecular weight is 414 g/mol. The predicted octanol–water partition coefficient (Wildman–Crippen LogP) is 2.34. The second kappa shape index (κ2) is 9.18. The predicted molar refractivity (Wildman–Crippen MR) is 109 cm³/mol. The number of ether oxygens (including phenoxy) is 2. The largest absolute Gasteiger partial charge is 0.495 e. The Labute approximate surface area is 166 Å². The van der Waals surface area contributed by atoms with Crippen molar-refractivity contribution in [1.82, 2.24) is 9.62 Å². The van der Waals surface area contributed by atoms with Crippen molar-refractivity contribution in [1.29, 1.82) is 0 Å². The summed E-state index contributed by atoms with van der Waals surface area (Å²) in [5.41, 5.74) is 0.528. The van der Waals surface area contributed by atoms with Gasteiger partial charge in [-0.25, -0.2) is 8.42 Å². The van der Waals surface area contributed by atoms with Crippen molar-refractivity contribution in [3.8, 4) is 5.75 Å². The van der Waals surface area contributed by atoms with Crippen molar-refractivity contribution in [2.24, 2.45) is 0 Å². The molecule has 2 aliphatic rings. The summed E-state index contributed by atoms with van der Waals surface area (Å²) >= 11 is 5.35. The molecule has 150 valence electrons. The van der Waals surface area contributed by atoms with Gasteiger partial charge in [-0.1, -0.05) is 6.42 Å². The number of hydrogen-bond donors (Lipinski definition) is 2. The lowest BCUT2D eigenvalue weighted by Gasteiger charge is -2.26. The summed E-state index contributed by atoms with van der Waals surface area (Å²) in [6, 6.07) is 4.82. The lowest BCUT2D eigenvalue weighted by molar-refractivity contribution is 0.114. The lowest BCUT2D eigenvalue weighted by atomic mass is 10.2. The van der Waals surface area contributed by atoms with Crippen LogP contribution >= 0.6 is 12.2 Å². The number of anilines is 1. The molecule has 2 aliphatic heterocycles. The molecule has 2 saturated heterocycles. The number of nitrogens with one attached hydrogen (secondary N) is 2. The zero-order valence-electron chi connectivity index (χ0n) is 15.6. The first-order valence-electron chi connectivity index (χ1n) is 9.35. The van der Waals surface area contributed by atoms with Crippen LogP contribution in [-0.2, 0) is 14.8 Å². The molecule has 0 aliphatic carbocycles. The third kappa shape index (κ3) is 5.10. The van der Waals surface area contributed by atoms with Crippen LogP contribution in [0.3, 0.4) is 0 Å². The fourth-order valence-corrected chi connectivity index (χ4v) is 5.12. The van der Waals surface area contributed by atoms with E-state index in [0.29, 0.717) is 36.2 Å². The van der Waals surface area contributed by atoms with Crippen LogP contribution < -0.4 is 15.4 Å². The molecule has 2 heterocycles. The molecule has 9 heteroatoms. The van der Waals surface area contributed by atoms with Crippen LogP contribution in [0.25, 0.3) is 0 Å². The highest BCUT2D eigenvalue weighted by Gasteiger charge is 2.27. The van der Waals surface area contributed by atoms with Crippen molar-refractivity contribution in [2.75, 3.05) is 38.7 Å². The van der Waals surface area contributed by atoms with Gasteiger partial charge in [0.2, 0.25) is 10.0 Å². The molecule has 0 radical (unpaired) electrons. The summed E-state index contributed by atoms with van der Waals surface area (Å²) in [4.78, 5) is 0.245. The van der Waals surface area contributed by atoms with Crippen LogP contribution in [0, 0.1) is 0 Å². The molecule has 3 rings (SSSR count). The summed E-state index contributed by atoms with van der Waals surface area (Å²) in [6.45, 7) is 2.55. The van der Waals surface area contributed by atoms with Gasteiger partial charge >= 0.3 is 0 Å². The summed E-state index contributed by atoms with van der Waals surface area (Å²) in [5, 5.41) is 6.60. The Morgan fingerprint density at radius 1 is 1.30 bits per heavy atom. The van der Waals surface area contributed by atoms with Crippen molar-refractivity contribution in [2.45, 2.75) is 43.1 Å². The van der Waals surface area contributed by atoms with Gasteiger partial charge in [0.25, 0.3) is 0 Å². The zero-order chi connectivity index (χ0) is 19.3. The average Bonchev–Trinajstić information content (AvgIpc) is 3.20. The number of hydrogen-bond acceptors (Lipinski definition) is 5. The molecule has 1 aromatic rings. The lowest BCUT2D eigenvalue weighted by Crippen LogP contribution is -2.36. The Bertz CT molecular complexity index is 758. The number of sulfonamides is 1. The van der Waals surface area contributed by atoms with Gasteiger partial charge in [-0.05, 0) is 56.1 Å². The number of thiocarbonyl (C=S) groups is 1. The van der Waals surface area contributed by atoms with Gasteiger partial charge < -0.3 is 20.1 Å². The third-order valence-electron chi connectivity index (χ3n) is 4.89. The van der Waals surface area contributed by atoms with Crippen LogP contribution in [0.5, 0.6) is 5.75 Å². The minimum absolute atomic E-state index is 0.164. The normalized spacial score (nSPS) is 21.0. The highest BCUT2D eigenvalue weighted by atomic mass is 32.2. The molecule has 0 aromatic heterocycles. The summed E-state index contributed by atoms with van der Waals surface area (Å²) in [5.74, 6) is 0.536. The van der Waals surface area contributed by atoms with Crippen LogP contribution in [0.2, 0.25) is 0 Å². The first-order chi connectivity index (χ1) is 13.0. The SMILES string of the molecule is COc1ccc(S(=O)(=O)N2CCCCC2)cc1NC(=S)NC[C@H]1CCCO1. The fourth-order valence-electron chi connectivity index (χ4n) is 3.38. The molecule has 0 unspecified atom stereocenters. The standard InChI is InChI=1S/C18H27N3O4S2/c1-24-17-8-7-15(27(22,23)21-9-3-2-4-10-21)12-16(17)20-18(26)19-13-14-6-5-11-25-14/h7-8,12,14H,2-6,9-11,13H2,1H3,(H2,19,20,26)/t14-/m1/s1. The maximum atomic E-state index is 12.9. The molecule has 0 spiro atoms. The number of benzene rings is 1. The van der Waals surface area contributed by atoms with E-state index in [9.17, 15) is 8.42 Å². The molecule has 0 saturated carbocycles. The maximum absolute atomic E-state index is 12.9. The minimum Gasteiger partial charge on any atom is -0.495 e. The highest BCUT2D eigenvalue weighted by molar-refractivity contribution is 7.89. The first-order valence-corrected chi connectivity index (χ1v) is 11.2. The van der Waals surface area contributed by atoms with Crippen molar-refractivity contribution < 1.29 is 17.9 Å². The smallest absolute Gasteiger partial charge is 0.243 e. The van der Waals surface area contributed by atoms with E-state index < -0.39 is 10.0 Å². The molecule has 0 bridgehead atoms. The number of methoxy groups -OCH3 is 1. The zero-order valence-corrected chi connectivity index (χ0v) is 17.2. The first kappa shape index (κ1) is 20.3. The molecule has 1 aromatic carbocycles. The van der Waals surface area contributed by atoms with Gasteiger partial charge in [0, 0.05) is 26.2 Å². The fraction of sp³-hybridized carbons (Fsp3) is 0.611. The van der Waals surface area contributed by atoms with Crippen LogP contribution in [-0.4, -0.2) is 57.3 Å². The van der Waals surface area contributed by atoms with Gasteiger partial charge in [0.15, 0.2) is 5.11 Å². The van der Waals surface area contributed by atoms with E-state index >= 15 is 0 Å². The molecular formula is C18H27N3O4S2. The third-order valence-corrected chi connectivity index (χ3v) is 7.03. The van der Waals surface area contributed by atoms with Crippen LogP contribution in [0.15, 0.2) is 23.1 Å². The van der Waals surface area contributed by atoms with Gasteiger partial charge in [-0.2, -0.15) is 4.31 Å². The highest BCUT2D eigenvalue weighted by Crippen LogP contribution is 2.30. The number of nitrogens with zero attached hydrogens (tertiary/aromatic N) is 1. The second-order valence-electron chi connectivity index (χ2n) is 6.80. The molecular weight excluding hydrogens is 386 g/mol. The molecule has 2 N–H and O–H groups in total. The molecule has 1 atom stereocenters. The molecule has 7 nitrogen and oxygen atoms in total. The Morgan fingerprint density at radius 2 is 2.07 bits per heavy atom. The van der Waals surface area contributed by atoms with E-state index in [2.05, 4.69) is 10.6 Å². The molecule has 27 heavy (non-hydrogen) atoms. The maximum Gasteiger partial charge on any atom is 0.243 e. The quantitative estimate of drug-likeness (QED) is 0.693. The van der Waals surface area contributed by atoms with E-state index in [-0.39, 0.29) is 11.0 Å². The number of rotatable bonds is 6. The Morgan fingerprint density at radius 3 is 2.74 bits per heavy atom. The van der Waals surface area contributed by atoms with Crippen molar-refractivity contribution in [3.63, 3.8) is 0 Å². The van der Waals surface area contributed by atoms with Crippen LogP contribution in [0.4, 0.5) is 5.69 Å². The molecule has 0 amide bonds. The van der Waals surface area contributed by atoms with E-state index in [1.165, 1.54) is 0 Å². The summed E-state index contributed by atoms with van der Waals surface area (Å²) in [7, 11) is -1.97. The van der Waals surface area contributed by atoms with Crippen molar-refractivity contribution >= 4 is 33.0 Å². The van der Waals surface area contributed by atoms with Crippen LogP contribution in [0.1, 0.15) is 32.1 Å². The van der Waals surface area contributed by atoms with Gasteiger partial charge in [-0.15, -0.1) is 0 Å². The minimum atomic E-state index is -3.52. The van der Waals surface area contributed by atoms with E-state index in [1.54, 1.807) is 29.6 Å². The summed E-state index contributed by atoms with van der Waals surface area (Å²) in [6.07, 6.45) is 5.12. The van der Waals surface area contributed by atoms with Crippen molar-refractivity contribution in [3.05, 3.63) is 18.2 Å². The topological polar surface area (TPSA) is 79.9 Å². The van der Waals surface area contributed by atoms with Gasteiger partial charge in [-0.3, -0.25) is 0 Å². The number of piperidine rings is 1. The van der Waals surface area contributed by atoms with Gasteiger partial charge in [0.1, 0.15) is 5.75 Å². The van der Waals surface area contributed by atoms with E-state index in [4.69, 9.17) is 21.7 Å². The monoisotopic (exact) mass is 413 g/mol. The molecule has 2 fully saturated rings. The summed E-state index contributed by atoms with van der Waals surface area (Å²) < 4.78 is 38.3. The van der Waals surface area contributed by atoms with E-state index in [0.717, 1.165) is 38.7 Å².